The van der Waals surface area contributed by atoms with Gasteiger partial charge in [0.1, 0.15) is 5.69 Å². The van der Waals surface area contributed by atoms with E-state index in [-0.39, 0.29) is 23.3 Å². The summed E-state index contributed by atoms with van der Waals surface area (Å²) in [6, 6.07) is 5.50. The van der Waals surface area contributed by atoms with Crippen molar-refractivity contribution in [2.45, 2.75) is 45.1 Å². The molecule has 1 aromatic heterocycles. The van der Waals surface area contributed by atoms with Crippen molar-refractivity contribution in [2.75, 3.05) is 6.54 Å². The highest BCUT2D eigenvalue weighted by Crippen LogP contribution is 2.41. The van der Waals surface area contributed by atoms with E-state index in [1.807, 2.05) is 19.1 Å². The molecule has 1 spiro atoms. The third kappa shape index (κ3) is 2.77. The van der Waals surface area contributed by atoms with Gasteiger partial charge in [-0.3, -0.25) is 9.59 Å². The summed E-state index contributed by atoms with van der Waals surface area (Å²) in [5.74, 6) is 0.0225. The highest BCUT2D eigenvalue weighted by Gasteiger charge is 2.45. The molecule has 2 aliphatic rings. The van der Waals surface area contributed by atoms with E-state index in [9.17, 15) is 9.59 Å². The number of pyridine rings is 1. The summed E-state index contributed by atoms with van der Waals surface area (Å²) < 4.78 is 0. The molecule has 1 aliphatic carbocycles. The van der Waals surface area contributed by atoms with E-state index in [0.717, 1.165) is 44.3 Å². The van der Waals surface area contributed by atoms with Gasteiger partial charge in [-0.05, 0) is 44.7 Å². The molecule has 5 heteroatoms. The lowest BCUT2D eigenvalue weighted by Crippen LogP contribution is -2.45. The maximum absolute atomic E-state index is 12.3. The first kappa shape index (κ1) is 14.0. The van der Waals surface area contributed by atoms with Crippen LogP contribution in [0, 0.1) is 12.3 Å². The Bertz CT molecular complexity index is 572. The van der Waals surface area contributed by atoms with Crippen molar-refractivity contribution in [2.24, 2.45) is 5.41 Å². The van der Waals surface area contributed by atoms with Crippen LogP contribution in [0.3, 0.4) is 0 Å². The van der Waals surface area contributed by atoms with E-state index >= 15 is 0 Å². The lowest BCUT2D eigenvalue weighted by atomic mass is 9.71. The Morgan fingerprint density at radius 3 is 3.00 bits per heavy atom. The molecule has 2 atom stereocenters. The summed E-state index contributed by atoms with van der Waals surface area (Å²) in [6.45, 7) is 2.63. The van der Waals surface area contributed by atoms with Crippen LogP contribution in [0.2, 0.25) is 0 Å². The fourth-order valence-electron chi connectivity index (χ4n) is 3.56. The third-order valence-corrected chi connectivity index (χ3v) is 4.67. The predicted octanol–water partition coefficient (Wildman–Crippen LogP) is 1.57. The average Bonchev–Trinajstić information content (AvgIpc) is 2.80. The summed E-state index contributed by atoms with van der Waals surface area (Å²) >= 11 is 0. The molecular formula is C16H21N3O2. The summed E-state index contributed by atoms with van der Waals surface area (Å²) in [5, 5.41) is 5.98. The molecule has 21 heavy (non-hydrogen) atoms. The van der Waals surface area contributed by atoms with Crippen molar-refractivity contribution in [1.82, 2.24) is 15.6 Å². The Kier molecular flexibility index (Phi) is 3.66. The molecule has 2 amide bonds. The van der Waals surface area contributed by atoms with Crippen LogP contribution in [0.25, 0.3) is 0 Å². The monoisotopic (exact) mass is 287 g/mol. The van der Waals surface area contributed by atoms with Crippen molar-refractivity contribution in [3.05, 3.63) is 29.6 Å². The van der Waals surface area contributed by atoms with Crippen LogP contribution in [-0.2, 0) is 4.79 Å². The van der Waals surface area contributed by atoms with Crippen LogP contribution in [0.5, 0.6) is 0 Å². The van der Waals surface area contributed by atoms with Crippen LogP contribution in [0.4, 0.5) is 0 Å². The van der Waals surface area contributed by atoms with E-state index in [1.54, 1.807) is 6.07 Å². The van der Waals surface area contributed by atoms with Crippen LogP contribution in [0.1, 0.15) is 48.3 Å². The maximum atomic E-state index is 12.3. The molecule has 3 rings (SSSR count). The first-order chi connectivity index (χ1) is 10.1. The molecule has 0 aromatic carbocycles. The van der Waals surface area contributed by atoms with Gasteiger partial charge in [0.2, 0.25) is 5.91 Å². The number of amides is 2. The van der Waals surface area contributed by atoms with Crippen molar-refractivity contribution in [1.29, 1.82) is 0 Å². The largest absolute Gasteiger partial charge is 0.356 e. The molecule has 1 aliphatic heterocycles. The average molecular weight is 287 g/mol. The van der Waals surface area contributed by atoms with Crippen molar-refractivity contribution < 1.29 is 9.59 Å². The fraction of sp³-hybridized carbons (Fsp3) is 0.562. The van der Waals surface area contributed by atoms with Crippen molar-refractivity contribution >= 4 is 11.8 Å². The summed E-state index contributed by atoms with van der Waals surface area (Å²) in [6.07, 6.45) is 4.50. The highest BCUT2D eigenvalue weighted by molar-refractivity contribution is 5.92. The Morgan fingerprint density at radius 2 is 2.29 bits per heavy atom. The highest BCUT2D eigenvalue weighted by atomic mass is 16.2. The number of hydrogen-bond donors (Lipinski definition) is 2. The second-order valence-corrected chi connectivity index (χ2v) is 6.22. The van der Waals surface area contributed by atoms with Crippen LogP contribution in [0.15, 0.2) is 18.2 Å². The number of hydrogen-bond acceptors (Lipinski definition) is 3. The zero-order valence-electron chi connectivity index (χ0n) is 12.3. The van der Waals surface area contributed by atoms with Gasteiger partial charge in [-0.25, -0.2) is 4.98 Å². The molecule has 1 saturated carbocycles. The zero-order valence-corrected chi connectivity index (χ0v) is 12.3. The van der Waals surface area contributed by atoms with Crippen molar-refractivity contribution in [3.8, 4) is 0 Å². The lowest BCUT2D eigenvalue weighted by molar-refractivity contribution is -0.129. The van der Waals surface area contributed by atoms with Gasteiger partial charge in [-0.1, -0.05) is 12.5 Å². The number of aryl methyl sites for hydroxylation is 1. The number of nitrogens with one attached hydrogen (secondary N) is 2. The number of carbonyl (C=O) groups is 2. The summed E-state index contributed by atoms with van der Waals surface area (Å²) in [4.78, 5) is 28.6. The van der Waals surface area contributed by atoms with Gasteiger partial charge in [0, 0.05) is 18.3 Å². The van der Waals surface area contributed by atoms with Gasteiger partial charge in [-0.15, -0.1) is 0 Å². The topological polar surface area (TPSA) is 71.1 Å². The van der Waals surface area contributed by atoms with Crippen molar-refractivity contribution in [3.63, 3.8) is 0 Å². The van der Waals surface area contributed by atoms with E-state index in [1.165, 1.54) is 0 Å². The van der Waals surface area contributed by atoms with Gasteiger partial charge in [0.15, 0.2) is 0 Å². The molecule has 0 radical (unpaired) electrons. The van der Waals surface area contributed by atoms with Gasteiger partial charge in [0.25, 0.3) is 5.91 Å². The maximum Gasteiger partial charge on any atom is 0.270 e. The molecule has 2 N–H and O–H groups in total. The molecule has 5 nitrogen and oxygen atoms in total. The Balaban J connectivity index is 1.67. The molecule has 1 saturated heterocycles. The minimum absolute atomic E-state index is 0.0670. The minimum atomic E-state index is -0.254. The Labute approximate surface area is 124 Å². The second-order valence-electron chi connectivity index (χ2n) is 6.22. The van der Waals surface area contributed by atoms with E-state index in [0.29, 0.717) is 5.69 Å². The molecule has 1 aromatic rings. The number of nitrogens with zero attached hydrogens (tertiary/aromatic N) is 1. The van der Waals surface area contributed by atoms with Crippen LogP contribution in [-0.4, -0.2) is 29.4 Å². The van der Waals surface area contributed by atoms with E-state index in [2.05, 4.69) is 15.6 Å². The smallest absolute Gasteiger partial charge is 0.270 e. The zero-order chi connectivity index (χ0) is 14.9. The van der Waals surface area contributed by atoms with Crippen LogP contribution < -0.4 is 10.6 Å². The first-order valence-electron chi connectivity index (χ1n) is 7.62. The first-order valence-corrected chi connectivity index (χ1v) is 7.62. The molecule has 2 unspecified atom stereocenters. The van der Waals surface area contributed by atoms with Gasteiger partial charge in [-0.2, -0.15) is 0 Å². The molecule has 2 heterocycles. The summed E-state index contributed by atoms with van der Waals surface area (Å²) in [7, 11) is 0. The second kappa shape index (κ2) is 5.47. The Hall–Kier alpha value is -1.91. The predicted molar refractivity (Wildman–Crippen MR) is 78.8 cm³/mol. The third-order valence-electron chi connectivity index (χ3n) is 4.67. The SMILES string of the molecule is Cc1cccc(C(=O)NC2CCCC3(CCNC3=O)C2)n1. The van der Waals surface area contributed by atoms with E-state index in [4.69, 9.17) is 0 Å². The Morgan fingerprint density at radius 1 is 1.43 bits per heavy atom. The number of carbonyl (C=O) groups excluding carboxylic acids is 2. The standard InChI is InChI=1S/C16H21N3O2/c1-11-4-2-6-13(18-11)14(20)19-12-5-3-7-16(10-12)8-9-17-15(16)21/h2,4,6,12H,3,5,7-10H2,1H3,(H,17,21)(H,19,20). The minimum Gasteiger partial charge on any atom is -0.356 e. The quantitative estimate of drug-likeness (QED) is 0.867. The fourth-order valence-corrected chi connectivity index (χ4v) is 3.56. The molecule has 2 fully saturated rings. The molecule has 112 valence electrons. The van der Waals surface area contributed by atoms with Crippen LogP contribution >= 0.6 is 0 Å². The van der Waals surface area contributed by atoms with E-state index < -0.39 is 0 Å². The number of rotatable bonds is 2. The lowest BCUT2D eigenvalue weighted by Gasteiger charge is -2.36. The molecular weight excluding hydrogens is 266 g/mol. The molecule has 0 bridgehead atoms. The normalized spacial score (nSPS) is 28.4. The summed E-state index contributed by atoms with van der Waals surface area (Å²) in [5.41, 5.74) is 1.03. The van der Waals surface area contributed by atoms with Gasteiger partial charge in [0.05, 0.1) is 5.41 Å². The van der Waals surface area contributed by atoms with Gasteiger partial charge >= 0.3 is 0 Å². The number of aromatic nitrogens is 1. The van der Waals surface area contributed by atoms with Gasteiger partial charge < -0.3 is 10.6 Å².